The van der Waals surface area contributed by atoms with E-state index in [2.05, 4.69) is 15.5 Å². The number of carbonyl (C=O) groups is 1. The van der Waals surface area contributed by atoms with Gasteiger partial charge in [0.2, 0.25) is 0 Å². The molecule has 1 aromatic carbocycles. The molecule has 0 unspecified atom stereocenters. The Balaban J connectivity index is 1.73. The highest BCUT2D eigenvalue weighted by Gasteiger charge is 1.99. The lowest BCUT2D eigenvalue weighted by molar-refractivity contribution is 0.140. The van der Waals surface area contributed by atoms with Crippen LogP contribution in [0.2, 0.25) is 0 Å². The molecule has 0 fully saturated rings. The fourth-order valence-corrected chi connectivity index (χ4v) is 1.33. The van der Waals surface area contributed by atoms with Crippen LogP contribution in [0.5, 0.6) is 0 Å². The number of hydrazone groups is 1. The predicted octanol–water partition coefficient (Wildman–Crippen LogP) is 2.28. The lowest BCUT2D eigenvalue weighted by Gasteiger charge is -2.03. The van der Waals surface area contributed by atoms with Crippen molar-refractivity contribution in [2.45, 2.75) is 6.61 Å². The van der Waals surface area contributed by atoms with Crippen molar-refractivity contribution in [3.63, 3.8) is 0 Å². The van der Waals surface area contributed by atoms with Crippen LogP contribution in [-0.4, -0.2) is 17.3 Å². The van der Waals surface area contributed by atoms with Crippen LogP contribution < -0.4 is 5.43 Å². The molecule has 5 nitrogen and oxygen atoms in total. The van der Waals surface area contributed by atoms with Crippen LogP contribution in [0.1, 0.15) is 11.3 Å². The SMILES string of the molecule is O=C(NN=Cc1ccc[nH]1)OCc1ccccc1. The topological polar surface area (TPSA) is 66.5 Å². The number of rotatable bonds is 4. The molecular weight excluding hydrogens is 230 g/mol. The number of amides is 1. The third kappa shape index (κ3) is 3.79. The van der Waals surface area contributed by atoms with Crippen molar-refractivity contribution in [3.8, 4) is 0 Å². The molecule has 2 N–H and O–H groups in total. The molecule has 1 aromatic heterocycles. The van der Waals surface area contributed by atoms with Gasteiger partial charge in [-0.15, -0.1) is 0 Å². The summed E-state index contributed by atoms with van der Waals surface area (Å²) >= 11 is 0. The summed E-state index contributed by atoms with van der Waals surface area (Å²) in [5.74, 6) is 0. The summed E-state index contributed by atoms with van der Waals surface area (Å²) < 4.78 is 4.97. The van der Waals surface area contributed by atoms with E-state index < -0.39 is 6.09 Å². The van der Waals surface area contributed by atoms with Crippen LogP contribution >= 0.6 is 0 Å². The summed E-state index contributed by atoms with van der Waals surface area (Å²) in [6, 6.07) is 13.1. The van der Waals surface area contributed by atoms with Crippen LogP contribution in [0.25, 0.3) is 0 Å². The molecule has 0 saturated heterocycles. The normalized spacial score (nSPS) is 10.4. The molecule has 2 rings (SSSR count). The second-order valence-electron chi connectivity index (χ2n) is 3.56. The molecule has 0 saturated carbocycles. The molecule has 0 aliphatic heterocycles. The molecular formula is C13H13N3O2. The van der Waals surface area contributed by atoms with E-state index in [-0.39, 0.29) is 6.61 Å². The Hall–Kier alpha value is -2.56. The molecule has 2 aromatic rings. The summed E-state index contributed by atoms with van der Waals surface area (Å²) in [7, 11) is 0. The highest BCUT2D eigenvalue weighted by Crippen LogP contribution is 2.00. The number of H-pyrrole nitrogens is 1. The molecule has 5 heteroatoms. The fourth-order valence-electron chi connectivity index (χ4n) is 1.33. The van der Waals surface area contributed by atoms with Crippen LogP contribution in [0, 0.1) is 0 Å². The summed E-state index contributed by atoms with van der Waals surface area (Å²) in [5, 5.41) is 3.75. The average molecular weight is 243 g/mol. The zero-order chi connectivity index (χ0) is 12.6. The predicted molar refractivity (Wildman–Crippen MR) is 68.1 cm³/mol. The van der Waals surface area contributed by atoms with Crippen LogP contribution in [-0.2, 0) is 11.3 Å². The first kappa shape index (κ1) is 11.9. The minimum absolute atomic E-state index is 0.227. The van der Waals surface area contributed by atoms with E-state index in [4.69, 9.17) is 4.74 Å². The first-order chi connectivity index (χ1) is 8.84. The minimum Gasteiger partial charge on any atom is -0.443 e. The maximum atomic E-state index is 11.3. The van der Waals surface area contributed by atoms with Gasteiger partial charge < -0.3 is 9.72 Å². The van der Waals surface area contributed by atoms with E-state index >= 15 is 0 Å². The Labute approximate surface area is 104 Å². The van der Waals surface area contributed by atoms with Gasteiger partial charge in [0.05, 0.1) is 11.9 Å². The highest BCUT2D eigenvalue weighted by atomic mass is 16.5. The number of aromatic amines is 1. The number of carbonyl (C=O) groups excluding carboxylic acids is 1. The van der Waals surface area contributed by atoms with Gasteiger partial charge in [0, 0.05) is 6.20 Å². The van der Waals surface area contributed by atoms with Gasteiger partial charge in [0.1, 0.15) is 6.61 Å². The third-order valence-corrected chi connectivity index (χ3v) is 2.19. The van der Waals surface area contributed by atoms with Crippen molar-refractivity contribution in [2.24, 2.45) is 5.10 Å². The van der Waals surface area contributed by atoms with Crippen molar-refractivity contribution in [1.29, 1.82) is 0 Å². The number of hydrogen-bond acceptors (Lipinski definition) is 3. The molecule has 0 bridgehead atoms. The van der Waals surface area contributed by atoms with Crippen molar-refractivity contribution in [3.05, 3.63) is 59.9 Å². The quantitative estimate of drug-likeness (QED) is 0.639. The lowest BCUT2D eigenvalue weighted by atomic mass is 10.2. The van der Waals surface area contributed by atoms with Crippen molar-refractivity contribution >= 4 is 12.3 Å². The van der Waals surface area contributed by atoms with Gasteiger partial charge in [-0.2, -0.15) is 5.10 Å². The summed E-state index contributed by atoms with van der Waals surface area (Å²) in [6.07, 6.45) is 2.69. The van der Waals surface area contributed by atoms with E-state index in [1.165, 1.54) is 6.21 Å². The molecule has 1 amide bonds. The van der Waals surface area contributed by atoms with Gasteiger partial charge in [-0.1, -0.05) is 30.3 Å². The van der Waals surface area contributed by atoms with Gasteiger partial charge in [-0.3, -0.25) is 0 Å². The maximum absolute atomic E-state index is 11.3. The third-order valence-electron chi connectivity index (χ3n) is 2.19. The number of ether oxygens (including phenoxy) is 1. The number of benzene rings is 1. The molecule has 92 valence electrons. The summed E-state index contributed by atoms with van der Waals surface area (Å²) in [6.45, 7) is 0.227. The Bertz CT molecular complexity index is 506. The van der Waals surface area contributed by atoms with Gasteiger partial charge >= 0.3 is 6.09 Å². The highest BCUT2D eigenvalue weighted by molar-refractivity contribution is 5.78. The summed E-state index contributed by atoms with van der Waals surface area (Å²) in [5.41, 5.74) is 4.01. The van der Waals surface area contributed by atoms with E-state index in [9.17, 15) is 4.79 Å². The van der Waals surface area contributed by atoms with E-state index in [1.807, 2.05) is 42.5 Å². The minimum atomic E-state index is -0.582. The average Bonchev–Trinajstić information content (AvgIpc) is 2.91. The fraction of sp³-hybridized carbons (Fsp3) is 0.0769. The van der Waals surface area contributed by atoms with Gasteiger partial charge in [0.25, 0.3) is 0 Å². The zero-order valence-electron chi connectivity index (χ0n) is 9.67. The lowest BCUT2D eigenvalue weighted by Crippen LogP contribution is -2.18. The van der Waals surface area contributed by atoms with Crippen molar-refractivity contribution < 1.29 is 9.53 Å². The Morgan fingerprint density at radius 2 is 2.11 bits per heavy atom. The van der Waals surface area contributed by atoms with Crippen LogP contribution in [0.15, 0.2) is 53.8 Å². The molecule has 0 radical (unpaired) electrons. The van der Waals surface area contributed by atoms with E-state index in [0.717, 1.165) is 11.3 Å². The van der Waals surface area contributed by atoms with Crippen LogP contribution in [0.3, 0.4) is 0 Å². The smallest absolute Gasteiger partial charge is 0.428 e. The number of hydrogen-bond donors (Lipinski definition) is 2. The van der Waals surface area contributed by atoms with Gasteiger partial charge in [-0.25, -0.2) is 10.2 Å². The number of nitrogens with zero attached hydrogens (tertiary/aromatic N) is 1. The van der Waals surface area contributed by atoms with E-state index in [1.54, 1.807) is 6.20 Å². The first-order valence-corrected chi connectivity index (χ1v) is 5.48. The van der Waals surface area contributed by atoms with Crippen LogP contribution in [0.4, 0.5) is 4.79 Å². The second-order valence-corrected chi connectivity index (χ2v) is 3.56. The van der Waals surface area contributed by atoms with Gasteiger partial charge in [-0.05, 0) is 17.7 Å². The monoisotopic (exact) mass is 243 g/mol. The molecule has 0 atom stereocenters. The Morgan fingerprint density at radius 1 is 1.28 bits per heavy atom. The summed E-state index contributed by atoms with van der Waals surface area (Å²) in [4.78, 5) is 14.2. The van der Waals surface area contributed by atoms with Crippen molar-refractivity contribution in [2.75, 3.05) is 0 Å². The van der Waals surface area contributed by atoms with E-state index in [0.29, 0.717) is 0 Å². The zero-order valence-corrected chi connectivity index (χ0v) is 9.67. The maximum Gasteiger partial charge on any atom is 0.428 e. The number of aromatic nitrogens is 1. The molecule has 0 aliphatic carbocycles. The second kappa shape index (κ2) is 6.24. The standard InChI is InChI=1S/C13H13N3O2/c17-13(16-15-9-12-7-4-8-14-12)18-10-11-5-2-1-3-6-11/h1-9,14H,10H2,(H,16,17). The molecule has 0 spiro atoms. The van der Waals surface area contributed by atoms with Crippen molar-refractivity contribution in [1.82, 2.24) is 10.4 Å². The first-order valence-electron chi connectivity index (χ1n) is 5.48. The molecule has 1 heterocycles. The molecule has 18 heavy (non-hydrogen) atoms. The molecule has 0 aliphatic rings. The largest absolute Gasteiger partial charge is 0.443 e. The Kier molecular flexibility index (Phi) is 4.13. The van der Waals surface area contributed by atoms with Gasteiger partial charge in [0.15, 0.2) is 0 Å². The Morgan fingerprint density at radius 3 is 2.83 bits per heavy atom. The number of nitrogens with one attached hydrogen (secondary N) is 2.